The summed E-state index contributed by atoms with van der Waals surface area (Å²) in [6.07, 6.45) is 11.0. The zero-order chi connectivity index (χ0) is 26.6. The Morgan fingerprint density at radius 2 is 1.79 bits per heavy atom. The maximum Gasteiger partial charge on any atom is 0.227 e. The number of piperidine rings is 1. The maximum absolute atomic E-state index is 15.2. The van der Waals surface area contributed by atoms with Crippen molar-refractivity contribution in [3.05, 3.63) is 47.9 Å². The minimum Gasteiger partial charge on any atom is -0.508 e. The normalized spacial score (nSPS) is 19.7. The Balaban J connectivity index is 1.07. The van der Waals surface area contributed by atoms with E-state index in [1.807, 2.05) is 18.2 Å². The highest BCUT2D eigenvalue weighted by atomic mass is 19.1. The predicted molar refractivity (Wildman–Crippen MR) is 154 cm³/mol. The number of phenolic OH excluding ortho intramolecular Hbond substituents is 1. The molecule has 0 atom stereocenters. The van der Waals surface area contributed by atoms with Crippen molar-refractivity contribution in [3.8, 4) is 5.75 Å². The van der Waals surface area contributed by atoms with Gasteiger partial charge in [-0.1, -0.05) is 12.8 Å². The van der Waals surface area contributed by atoms with Gasteiger partial charge in [0.15, 0.2) is 0 Å². The van der Waals surface area contributed by atoms with Gasteiger partial charge in [0.05, 0.1) is 24.4 Å². The summed E-state index contributed by atoms with van der Waals surface area (Å²) in [5.74, 6) is 1.54. The highest BCUT2D eigenvalue weighted by molar-refractivity contribution is 5.85. The molecule has 6 rings (SSSR count). The van der Waals surface area contributed by atoms with Crippen molar-refractivity contribution in [1.29, 1.82) is 0 Å². The Hall–Kier alpha value is -2.97. The third-order valence-corrected chi connectivity index (χ3v) is 8.88. The van der Waals surface area contributed by atoms with Gasteiger partial charge in [-0.3, -0.25) is 4.90 Å². The van der Waals surface area contributed by atoms with Crippen molar-refractivity contribution in [3.63, 3.8) is 0 Å². The molecule has 8 heteroatoms. The summed E-state index contributed by atoms with van der Waals surface area (Å²) < 4.78 is 20.7. The molecule has 3 heterocycles. The number of fused-ring (bicyclic) bond motifs is 1. The lowest BCUT2D eigenvalue weighted by Gasteiger charge is -2.34. The van der Waals surface area contributed by atoms with Crippen LogP contribution in [0.1, 0.15) is 62.8 Å². The highest BCUT2D eigenvalue weighted by Crippen LogP contribution is 2.41. The summed E-state index contributed by atoms with van der Waals surface area (Å²) in [7, 11) is 0. The fourth-order valence-corrected chi connectivity index (χ4v) is 6.65. The number of ether oxygens (including phenoxy) is 1. The first-order valence-electron chi connectivity index (χ1n) is 14.7. The number of benzene rings is 2. The van der Waals surface area contributed by atoms with Gasteiger partial charge in [-0.2, -0.15) is 0 Å². The van der Waals surface area contributed by atoms with E-state index in [2.05, 4.69) is 20.1 Å². The molecule has 0 bridgehead atoms. The van der Waals surface area contributed by atoms with E-state index in [4.69, 9.17) is 9.72 Å². The van der Waals surface area contributed by atoms with Crippen LogP contribution in [0.2, 0.25) is 0 Å². The molecule has 1 saturated carbocycles. The lowest BCUT2D eigenvalue weighted by molar-refractivity contribution is 0.0365. The average molecular weight is 534 g/mol. The van der Waals surface area contributed by atoms with Gasteiger partial charge in [0.25, 0.3) is 0 Å². The monoisotopic (exact) mass is 533 g/mol. The second kappa shape index (κ2) is 12.0. The van der Waals surface area contributed by atoms with Gasteiger partial charge in [-0.25, -0.2) is 14.4 Å². The largest absolute Gasteiger partial charge is 0.508 e. The Labute approximate surface area is 230 Å². The summed E-state index contributed by atoms with van der Waals surface area (Å²) in [6, 6.07) is 8.91. The van der Waals surface area contributed by atoms with Crippen molar-refractivity contribution in [2.45, 2.75) is 57.3 Å². The van der Waals surface area contributed by atoms with Crippen molar-refractivity contribution in [2.24, 2.45) is 5.92 Å². The number of morpholine rings is 1. The molecule has 1 aromatic heterocycles. The number of rotatable bonds is 8. The summed E-state index contributed by atoms with van der Waals surface area (Å²) in [5.41, 5.74) is 2.99. The van der Waals surface area contributed by atoms with Crippen LogP contribution in [0.25, 0.3) is 10.9 Å². The molecular formula is C31H40FN5O2. The van der Waals surface area contributed by atoms with Crippen LogP contribution >= 0.6 is 0 Å². The van der Waals surface area contributed by atoms with E-state index in [1.165, 1.54) is 31.7 Å². The van der Waals surface area contributed by atoms with Gasteiger partial charge in [0, 0.05) is 49.0 Å². The van der Waals surface area contributed by atoms with Gasteiger partial charge >= 0.3 is 0 Å². The number of nitrogens with zero attached hydrogens (tertiary/aromatic N) is 4. The second-order valence-electron chi connectivity index (χ2n) is 11.4. The zero-order valence-electron chi connectivity index (χ0n) is 22.7. The van der Waals surface area contributed by atoms with Crippen molar-refractivity contribution in [2.75, 3.05) is 56.2 Å². The van der Waals surface area contributed by atoms with E-state index in [0.717, 1.165) is 94.0 Å². The van der Waals surface area contributed by atoms with Crippen LogP contribution in [0.3, 0.4) is 0 Å². The van der Waals surface area contributed by atoms with Crippen LogP contribution in [0.15, 0.2) is 36.5 Å². The van der Waals surface area contributed by atoms with Crippen molar-refractivity contribution in [1.82, 2.24) is 14.9 Å². The number of hydrogen-bond donors (Lipinski definition) is 2. The van der Waals surface area contributed by atoms with E-state index in [9.17, 15) is 5.11 Å². The molecule has 0 radical (unpaired) electrons. The molecule has 3 aromatic rings. The highest BCUT2D eigenvalue weighted by Gasteiger charge is 2.24. The first-order valence-corrected chi connectivity index (χ1v) is 14.7. The summed E-state index contributed by atoms with van der Waals surface area (Å²) >= 11 is 0. The van der Waals surface area contributed by atoms with E-state index >= 15 is 4.39 Å². The van der Waals surface area contributed by atoms with Gasteiger partial charge in [-0.15, -0.1) is 0 Å². The van der Waals surface area contributed by atoms with E-state index < -0.39 is 0 Å². The number of hydrogen-bond acceptors (Lipinski definition) is 7. The topological polar surface area (TPSA) is 73.8 Å². The quantitative estimate of drug-likeness (QED) is 0.357. The number of anilines is 3. The minimum absolute atomic E-state index is 0.226. The van der Waals surface area contributed by atoms with Crippen molar-refractivity contribution < 1.29 is 14.2 Å². The Morgan fingerprint density at radius 1 is 1.00 bits per heavy atom. The molecule has 3 fully saturated rings. The fourth-order valence-electron chi connectivity index (χ4n) is 6.65. The molecule has 2 N–H and O–H groups in total. The second-order valence-corrected chi connectivity index (χ2v) is 11.4. The molecule has 0 amide bonds. The van der Waals surface area contributed by atoms with Crippen LogP contribution < -0.4 is 10.2 Å². The number of nitrogens with one attached hydrogen (secondary N) is 1. The van der Waals surface area contributed by atoms with Crippen LogP contribution in [0, 0.1) is 11.7 Å². The van der Waals surface area contributed by atoms with Gasteiger partial charge < -0.3 is 20.1 Å². The van der Waals surface area contributed by atoms with Crippen molar-refractivity contribution >= 4 is 28.2 Å². The van der Waals surface area contributed by atoms with Crippen LogP contribution in [0.5, 0.6) is 5.75 Å². The van der Waals surface area contributed by atoms with Crippen LogP contribution in [-0.2, 0) is 4.74 Å². The molecular weight excluding hydrogens is 493 g/mol. The van der Waals surface area contributed by atoms with Crippen LogP contribution in [-0.4, -0.2) is 65.9 Å². The smallest absolute Gasteiger partial charge is 0.227 e. The maximum atomic E-state index is 15.2. The van der Waals surface area contributed by atoms with Gasteiger partial charge in [-0.05, 0) is 87.2 Å². The average Bonchev–Trinajstić information content (AvgIpc) is 3.49. The third-order valence-electron chi connectivity index (χ3n) is 8.88. The number of halogens is 1. The molecule has 2 saturated heterocycles. The first-order chi connectivity index (χ1) is 19.1. The molecule has 39 heavy (non-hydrogen) atoms. The first kappa shape index (κ1) is 26.3. The molecule has 2 aliphatic heterocycles. The number of aromatic nitrogens is 2. The lowest BCUT2D eigenvalue weighted by Crippen LogP contribution is -2.37. The van der Waals surface area contributed by atoms with E-state index in [0.29, 0.717) is 29.0 Å². The summed E-state index contributed by atoms with van der Waals surface area (Å²) in [6.45, 7) is 6.79. The summed E-state index contributed by atoms with van der Waals surface area (Å²) in [5, 5.41) is 14.7. The SMILES string of the molecule is Oc1ccc2cnc(Nc3ccc(N4CCC(CCCN5CCOCC5)CC4)c(F)c3)nc2c1C1CCCC1. The summed E-state index contributed by atoms with van der Waals surface area (Å²) in [4.78, 5) is 13.9. The Kier molecular flexibility index (Phi) is 8.11. The van der Waals surface area contributed by atoms with E-state index in [1.54, 1.807) is 12.3 Å². The Morgan fingerprint density at radius 3 is 2.56 bits per heavy atom. The van der Waals surface area contributed by atoms with E-state index in [-0.39, 0.29) is 5.82 Å². The molecule has 2 aromatic carbocycles. The third kappa shape index (κ3) is 6.12. The van der Waals surface area contributed by atoms with Gasteiger partial charge in [0.1, 0.15) is 11.6 Å². The fraction of sp³-hybridized carbons (Fsp3) is 0.548. The lowest BCUT2D eigenvalue weighted by atomic mass is 9.91. The minimum atomic E-state index is -0.226. The Bertz CT molecular complexity index is 1270. The number of aromatic hydroxyl groups is 1. The molecule has 0 unspecified atom stereocenters. The zero-order valence-corrected chi connectivity index (χ0v) is 22.7. The van der Waals surface area contributed by atoms with Crippen LogP contribution in [0.4, 0.5) is 21.7 Å². The molecule has 3 aliphatic rings. The standard InChI is InChI=1S/C31H40FN5O2/c32-26-20-25(34-31-33-21-24-7-10-28(38)29(30(24)35-31)23-5-1-2-6-23)8-9-27(26)37-14-11-22(12-15-37)4-3-13-36-16-18-39-19-17-36/h7-10,20-23,38H,1-6,11-19H2,(H,33,34,35). The van der Waals surface area contributed by atoms with Gasteiger partial charge in [0.2, 0.25) is 5.95 Å². The predicted octanol–water partition coefficient (Wildman–Crippen LogP) is 6.20. The number of phenols is 1. The molecule has 0 spiro atoms. The molecule has 1 aliphatic carbocycles. The molecule has 208 valence electrons. The molecule has 7 nitrogen and oxygen atoms in total.